The molecule has 0 spiro atoms. The molecule has 0 amide bonds. The Balaban J connectivity index is 2.39. The van der Waals surface area contributed by atoms with Gasteiger partial charge >= 0.3 is 0 Å². The molecule has 0 aliphatic rings. The third-order valence-corrected chi connectivity index (χ3v) is 3.04. The van der Waals surface area contributed by atoms with Crippen LogP contribution in [0.2, 0.25) is 5.02 Å². The van der Waals surface area contributed by atoms with Gasteiger partial charge in [0.1, 0.15) is 0 Å². The molecule has 1 rings (SSSR count). The Hall–Kier alpha value is -0.0900. The first-order valence-corrected chi connectivity index (χ1v) is 5.66. The highest BCUT2D eigenvalue weighted by Gasteiger charge is 1.98. The molecule has 0 radical (unpaired) electrons. The maximum atomic E-state index is 8.58. The van der Waals surface area contributed by atoms with E-state index in [-0.39, 0.29) is 6.61 Å². The molecule has 78 valence electrons. The first-order valence-electron chi connectivity index (χ1n) is 4.49. The number of hydrogen-bond acceptors (Lipinski definition) is 2. The molecule has 0 atom stereocenters. The highest BCUT2D eigenvalue weighted by atomic mass is 79.9. The Kier molecular flexibility index (Phi) is 5.48. The maximum absolute atomic E-state index is 8.58. The lowest BCUT2D eigenvalue weighted by atomic mass is 10.2. The normalized spacial score (nSPS) is 10.5. The molecule has 0 aliphatic heterocycles. The molecule has 0 saturated heterocycles. The van der Waals surface area contributed by atoms with Gasteiger partial charge in [0, 0.05) is 17.6 Å². The molecular formula is C10H13BrClNO. The quantitative estimate of drug-likeness (QED) is 0.812. The lowest BCUT2D eigenvalue weighted by molar-refractivity contribution is 0.286. The minimum absolute atomic E-state index is 0.233. The second-order valence-corrected chi connectivity index (χ2v) is 4.26. The van der Waals surface area contributed by atoms with Gasteiger partial charge < -0.3 is 10.4 Å². The molecule has 2 N–H and O–H groups in total. The summed E-state index contributed by atoms with van der Waals surface area (Å²) in [6.45, 7) is 1.86. The van der Waals surface area contributed by atoms with Crippen LogP contribution in [-0.4, -0.2) is 18.3 Å². The van der Waals surface area contributed by atoms with Crippen LogP contribution in [0.5, 0.6) is 0 Å². The fourth-order valence-electron chi connectivity index (χ4n) is 1.09. The smallest absolute Gasteiger partial charge is 0.0548 e. The second-order valence-electron chi connectivity index (χ2n) is 3.00. The van der Waals surface area contributed by atoms with Gasteiger partial charge in [0.25, 0.3) is 0 Å². The SMILES string of the molecule is OCCCNCc1ccc(Cl)c(Br)c1. The standard InChI is InChI=1S/C10H13BrClNO/c11-9-6-8(2-3-10(9)12)7-13-4-1-5-14/h2-3,6,13-14H,1,4-5,7H2. The number of aliphatic hydroxyl groups is 1. The summed E-state index contributed by atoms with van der Waals surface area (Å²) in [5.41, 5.74) is 1.18. The molecule has 0 fully saturated rings. The third kappa shape index (κ3) is 3.96. The molecule has 0 bridgehead atoms. The van der Waals surface area contributed by atoms with Crippen LogP contribution in [0.3, 0.4) is 0 Å². The van der Waals surface area contributed by atoms with E-state index in [1.54, 1.807) is 0 Å². The highest BCUT2D eigenvalue weighted by Crippen LogP contribution is 2.22. The number of nitrogens with one attached hydrogen (secondary N) is 1. The van der Waals surface area contributed by atoms with E-state index < -0.39 is 0 Å². The van der Waals surface area contributed by atoms with Gasteiger partial charge in [-0.05, 0) is 46.6 Å². The van der Waals surface area contributed by atoms with Crippen molar-refractivity contribution in [2.24, 2.45) is 0 Å². The van der Waals surface area contributed by atoms with E-state index in [1.165, 1.54) is 5.56 Å². The van der Waals surface area contributed by atoms with Crippen molar-refractivity contribution >= 4 is 27.5 Å². The van der Waals surface area contributed by atoms with Gasteiger partial charge in [0.15, 0.2) is 0 Å². The minimum atomic E-state index is 0.233. The van der Waals surface area contributed by atoms with Crippen LogP contribution < -0.4 is 5.32 Å². The second kappa shape index (κ2) is 6.40. The van der Waals surface area contributed by atoms with Crippen LogP contribution >= 0.6 is 27.5 Å². The fourth-order valence-corrected chi connectivity index (χ4v) is 1.63. The lowest BCUT2D eigenvalue weighted by Crippen LogP contribution is -2.15. The molecule has 0 saturated carbocycles. The van der Waals surface area contributed by atoms with Gasteiger partial charge in [-0.1, -0.05) is 17.7 Å². The molecule has 0 unspecified atom stereocenters. The average Bonchev–Trinajstić information content (AvgIpc) is 2.18. The number of benzene rings is 1. The zero-order valence-electron chi connectivity index (χ0n) is 7.76. The number of aliphatic hydroxyl groups excluding tert-OH is 1. The van der Waals surface area contributed by atoms with Crippen molar-refractivity contribution in [2.45, 2.75) is 13.0 Å². The first kappa shape index (κ1) is 12.0. The zero-order valence-corrected chi connectivity index (χ0v) is 10.1. The summed E-state index contributed by atoms with van der Waals surface area (Å²) in [6, 6.07) is 5.85. The summed E-state index contributed by atoms with van der Waals surface area (Å²) in [5.74, 6) is 0. The molecular weight excluding hydrogens is 265 g/mol. The fraction of sp³-hybridized carbons (Fsp3) is 0.400. The van der Waals surface area contributed by atoms with E-state index >= 15 is 0 Å². The van der Waals surface area contributed by atoms with Crippen LogP contribution in [0.4, 0.5) is 0 Å². The van der Waals surface area contributed by atoms with Crippen molar-refractivity contribution in [2.75, 3.05) is 13.2 Å². The predicted octanol–water partition coefficient (Wildman–Crippen LogP) is 2.57. The van der Waals surface area contributed by atoms with Gasteiger partial charge in [-0.25, -0.2) is 0 Å². The van der Waals surface area contributed by atoms with E-state index in [2.05, 4.69) is 21.2 Å². The zero-order chi connectivity index (χ0) is 10.4. The number of hydrogen-bond donors (Lipinski definition) is 2. The molecule has 1 aromatic rings. The summed E-state index contributed by atoms with van der Waals surface area (Å²) >= 11 is 9.23. The van der Waals surface area contributed by atoms with Crippen molar-refractivity contribution in [1.29, 1.82) is 0 Å². The van der Waals surface area contributed by atoms with Gasteiger partial charge in [-0.3, -0.25) is 0 Å². The van der Waals surface area contributed by atoms with Crippen molar-refractivity contribution < 1.29 is 5.11 Å². The molecule has 1 aromatic carbocycles. The molecule has 4 heteroatoms. The van der Waals surface area contributed by atoms with E-state index in [0.717, 1.165) is 29.0 Å². The summed E-state index contributed by atoms with van der Waals surface area (Å²) in [7, 11) is 0. The van der Waals surface area contributed by atoms with Crippen molar-refractivity contribution in [3.8, 4) is 0 Å². The van der Waals surface area contributed by atoms with E-state index in [1.807, 2.05) is 18.2 Å². The molecule has 0 aromatic heterocycles. The van der Waals surface area contributed by atoms with Gasteiger partial charge in [-0.15, -0.1) is 0 Å². The third-order valence-electron chi connectivity index (χ3n) is 1.82. The molecule has 2 nitrogen and oxygen atoms in total. The Bertz CT molecular complexity index is 293. The predicted molar refractivity (Wildman–Crippen MR) is 62.6 cm³/mol. The molecule has 0 aliphatic carbocycles. The van der Waals surface area contributed by atoms with Gasteiger partial charge in [0.2, 0.25) is 0 Å². The topological polar surface area (TPSA) is 32.3 Å². The lowest BCUT2D eigenvalue weighted by Gasteiger charge is -2.04. The van der Waals surface area contributed by atoms with Crippen LogP contribution in [0.25, 0.3) is 0 Å². The monoisotopic (exact) mass is 277 g/mol. The van der Waals surface area contributed by atoms with Crippen molar-refractivity contribution in [3.63, 3.8) is 0 Å². The molecule has 0 heterocycles. The Morgan fingerprint density at radius 1 is 1.43 bits per heavy atom. The van der Waals surface area contributed by atoms with Crippen LogP contribution in [0.15, 0.2) is 22.7 Å². The highest BCUT2D eigenvalue weighted by molar-refractivity contribution is 9.10. The van der Waals surface area contributed by atoms with E-state index in [4.69, 9.17) is 16.7 Å². The summed E-state index contributed by atoms with van der Waals surface area (Å²) in [5, 5.41) is 12.5. The Labute approximate surface area is 97.4 Å². The largest absolute Gasteiger partial charge is 0.396 e. The summed E-state index contributed by atoms with van der Waals surface area (Å²) in [6.07, 6.45) is 0.786. The maximum Gasteiger partial charge on any atom is 0.0548 e. The van der Waals surface area contributed by atoms with Crippen LogP contribution in [-0.2, 0) is 6.54 Å². The van der Waals surface area contributed by atoms with Gasteiger partial charge in [0.05, 0.1) is 5.02 Å². The average molecular weight is 279 g/mol. The van der Waals surface area contributed by atoms with E-state index in [9.17, 15) is 0 Å². The van der Waals surface area contributed by atoms with Crippen LogP contribution in [0.1, 0.15) is 12.0 Å². The van der Waals surface area contributed by atoms with Crippen LogP contribution in [0, 0.1) is 0 Å². The number of rotatable bonds is 5. The summed E-state index contributed by atoms with van der Waals surface area (Å²) in [4.78, 5) is 0. The van der Waals surface area contributed by atoms with E-state index in [0.29, 0.717) is 0 Å². The minimum Gasteiger partial charge on any atom is -0.396 e. The number of halogens is 2. The Morgan fingerprint density at radius 3 is 2.86 bits per heavy atom. The molecule has 14 heavy (non-hydrogen) atoms. The van der Waals surface area contributed by atoms with Crippen molar-refractivity contribution in [3.05, 3.63) is 33.3 Å². The van der Waals surface area contributed by atoms with Gasteiger partial charge in [-0.2, -0.15) is 0 Å². The first-order chi connectivity index (χ1) is 6.74. The van der Waals surface area contributed by atoms with Crippen molar-refractivity contribution in [1.82, 2.24) is 5.32 Å². The Morgan fingerprint density at radius 2 is 2.21 bits per heavy atom. The summed E-state index contributed by atoms with van der Waals surface area (Å²) < 4.78 is 0.917.